The lowest BCUT2D eigenvalue weighted by Gasteiger charge is -2.31. The topological polar surface area (TPSA) is 82.9 Å². The normalized spacial score (nSPS) is 13.8. The number of anilines is 1. The van der Waals surface area contributed by atoms with Gasteiger partial charge in [-0.15, -0.1) is 0 Å². The Labute approximate surface area is 259 Å². The first kappa shape index (κ1) is 31.6. The smallest absolute Gasteiger partial charge is 0.416 e. The number of hydrogen-bond acceptors (Lipinski definition) is 6. The van der Waals surface area contributed by atoms with Crippen LogP contribution >= 0.6 is 0 Å². The molecule has 0 unspecified atom stereocenters. The molecule has 2 aromatic heterocycles. The monoisotopic (exact) mass is 621 g/mol. The number of alkyl halides is 3. The molecule has 11 heteroatoms. The number of carbonyl (C=O) groups excluding carboxylic acids is 2. The van der Waals surface area contributed by atoms with Crippen LogP contribution in [0.25, 0.3) is 16.6 Å². The van der Waals surface area contributed by atoms with Crippen molar-refractivity contribution in [3.8, 4) is 5.75 Å². The van der Waals surface area contributed by atoms with Crippen LogP contribution < -0.4 is 9.64 Å². The Kier molecular flexibility index (Phi) is 8.90. The van der Waals surface area contributed by atoms with Crippen molar-refractivity contribution in [1.29, 1.82) is 0 Å². The fourth-order valence-corrected chi connectivity index (χ4v) is 5.10. The van der Waals surface area contributed by atoms with E-state index in [9.17, 15) is 22.8 Å². The fourth-order valence-electron chi connectivity index (χ4n) is 5.10. The van der Waals surface area contributed by atoms with Gasteiger partial charge in [0.2, 0.25) is 0 Å². The van der Waals surface area contributed by atoms with E-state index < -0.39 is 29.4 Å². The third-order valence-electron chi connectivity index (χ3n) is 7.22. The molecule has 45 heavy (non-hydrogen) atoms. The van der Waals surface area contributed by atoms with Gasteiger partial charge in [0.1, 0.15) is 17.2 Å². The summed E-state index contributed by atoms with van der Waals surface area (Å²) in [5.41, 5.74) is 1.88. The number of fused-ring (bicyclic) bond motifs is 2. The average molecular weight is 622 g/mol. The van der Waals surface area contributed by atoms with Gasteiger partial charge in [0.25, 0.3) is 0 Å². The van der Waals surface area contributed by atoms with E-state index in [2.05, 4.69) is 0 Å². The van der Waals surface area contributed by atoms with Crippen LogP contribution in [0.2, 0.25) is 0 Å². The summed E-state index contributed by atoms with van der Waals surface area (Å²) in [5.74, 6) is 0.595. The third-order valence-corrected chi connectivity index (χ3v) is 7.22. The van der Waals surface area contributed by atoms with Gasteiger partial charge in [-0.3, -0.25) is 4.90 Å². The molecule has 0 bridgehead atoms. The van der Waals surface area contributed by atoms with Gasteiger partial charge in [0.05, 0.1) is 30.5 Å². The Hall–Kier alpha value is -4.80. The number of carbonyl (C=O) groups is 2. The first-order chi connectivity index (χ1) is 21.3. The van der Waals surface area contributed by atoms with Crippen LogP contribution in [0.15, 0.2) is 72.9 Å². The van der Waals surface area contributed by atoms with Gasteiger partial charge in [0.15, 0.2) is 0 Å². The molecule has 236 valence electrons. The summed E-state index contributed by atoms with van der Waals surface area (Å²) in [4.78, 5) is 31.4. The van der Waals surface area contributed by atoms with E-state index >= 15 is 0 Å². The highest BCUT2D eigenvalue weighted by Crippen LogP contribution is 2.32. The Morgan fingerprint density at radius 1 is 1.00 bits per heavy atom. The van der Waals surface area contributed by atoms with Crippen LogP contribution in [0, 0.1) is 0 Å². The zero-order chi connectivity index (χ0) is 32.4. The number of methoxy groups -OCH3 is 1. The van der Waals surface area contributed by atoms with Gasteiger partial charge in [-0.1, -0.05) is 18.2 Å². The third kappa shape index (κ3) is 7.47. The number of pyridine rings is 1. The molecule has 0 saturated carbocycles. The predicted octanol–water partition coefficient (Wildman–Crippen LogP) is 7.43. The van der Waals surface area contributed by atoms with E-state index in [0.717, 1.165) is 47.1 Å². The molecule has 0 aliphatic carbocycles. The van der Waals surface area contributed by atoms with Crippen molar-refractivity contribution >= 4 is 34.5 Å². The molecular formula is C34H34F3N3O5. The predicted molar refractivity (Wildman–Crippen MR) is 164 cm³/mol. The largest absolute Gasteiger partial charge is 0.493 e. The maximum Gasteiger partial charge on any atom is 0.416 e. The molecule has 5 rings (SSSR count). The molecule has 3 heterocycles. The molecule has 8 nitrogen and oxygen atoms in total. The minimum absolute atomic E-state index is 0.337. The molecule has 0 radical (unpaired) electrons. The number of aryl methyl sites for hydroxylation is 1. The van der Waals surface area contributed by atoms with Gasteiger partial charge in [-0.05, 0) is 87.2 Å². The summed E-state index contributed by atoms with van der Waals surface area (Å²) in [6.07, 6.45) is 0.272. The number of ether oxygens (including phenoxy) is 3. The highest BCUT2D eigenvalue weighted by Gasteiger charge is 2.30. The van der Waals surface area contributed by atoms with Gasteiger partial charge in [0, 0.05) is 36.3 Å². The van der Waals surface area contributed by atoms with Crippen LogP contribution in [0.3, 0.4) is 0 Å². The van der Waals surface area contributed by atoms with E-state index in [-0.39, 0.29) is 0 Å². The highest BCUT2D eigenvalue weighted by molar-refractivity contribution is 5.95. The highest BCUT2D eigenvalue weighted by atomic mass is 19.4. The molecule has 0 saturated heterocycles. The van der Waals surface area contributed by atoms with E-state index in [1.54, 1.807) is 21.7 Å². The average Bonchev–Trinajstić information content (AvgIpc) is 3.41. The Morgan fingerprint density at radius 2 is 1.76 bits per heavy atom. The van der Waals surface area contributed by atoms with E-state index in [1.165, 1.54) is 25.3 Å². The summed E-state index contributed by atoms with van der Waals surface area (Å²) < 4.78 is 57.5. The number of amides is 1. The second-order valence-electron chi connectivity index (χ2n) is 11.7. The molecule has 0 atom stereocenters. The lowest BCUT2D eigenvalue weighted by molar-refractivity contribution is -0.137. The molecule has 0 fully saturated rings. The number of benzene rings is 2. The number of hydrogen-bond donors (Lipinski definition) is 0. The SMILES string of the molecule is COC(=O)/C=C(\c1ccc(C(F)(F)F)cc1)n1ccc2cc(OCCc3ccc4c(n3)N(C(=O)OC(C)(C)C)CCC4)ccc21. The van der Waals surface area contributed by atoms with Gasteiger partial charge < -0.3 is 18.8 Å². The summed E-state index contributed by atoms with van der Waals surface area (Å²) in [5, 5.41) is 0.801. The van der Waals surface area contributed by atoms with Crippen molar-refractivity contribution in [3.63, 3.8) is 0 Å². The first-order valence-electron chi connectivity index (χ1n) is 14.5. The molecule has 0 spiro atoms. The Morgan fingerprint density at radius 3 is 2.44 bits per heavy atom. The van der Waals surface area contributed by atoms with Crippen molar-refractivity contribution in [2.75, 3.05) is 25.2 Å². The van der Waals surface area contributed by atoms with Crippen molar-refractivity contribution in [3.05, 3.63) is 95.3 Å². The number of rotatable bonds is 7. The van der Waals surface area contributed by atoms with Crippen molar-refractivity contribution < 1.29 is 37.0 Å². The minimum Gasteiger partial charge on any atom is -0.493 e. The van der Waals surface area contributed by atoms with E-state index in [1.807, 2.05) is 51.1 Å². The standard InChI is InChI=1S/C34H34F3N3O5/c1-33(2,3)45-32(42)40-17-5-6-23-9-12-26(38-31(23)40)16-19-44-27-13-14-28-24(20-27)15-18-39(28)29(21-30(41)43-4)22-7-10-25(11-8-22)34(35,36)37/h7-15,18,20-21H,5-6,16-17,19H2,1-4H3/b29-21+. The number of aromatic nitrogens is 2. The summed E-state index contributed by atoms with van der Waals surface area (Å²) in [6.45, 7) is 6.38. The quantitative estimate of drug-likeness (QED) is 0.158. The number of halogens is 3. The maximum atomic E-state index is 13.1. The summed E-state index contributed by atoms with van der Waals surface area (Å²) in [7, 11) is 1.23. The zero-order valence-electron chi connectivity index (χ0n) is 25.5. The van der Waals surface area contributed by atoms with Crippen molar-refractivity contribution in [1.82, 2.24) is 9.55 Å². The fraction of sp³-hybridized carbons (Fsp3) is 0.324. The second-order valence-corrected chi connectivity index (χ2v) is 11.7. The zero-order valence-corrected chi connectivity index (χ0v) is 25.5. The lowest BCUT2D eigenvalue weighted by atomic mass is 10.1. The van der Waals surface area contributed by atoms with E-state index in [0.29, 0.717) is 42.4 Å². The van der Waals surface area contributed by atoms with Crippen LogP contribution in [0.5, 0.6) is 5.75 Å². The summed E-state index contributed by atoms with van der Waals surface area (Å²) in [6, 6.07) is 15.8. The van der Waals surface area contributed by atoms with Gasteiger partial charge in [-0.2, -0.15) is 13.2 Å². The lowest BCUT2D eigenvalue weighted by Crippen LogP contribution is -2.40. The van der Waals surface area contributed by atoms with Gasteiger partial charge in [-0.25, -0.2) is 14.6 Å². The second kappa shape index (κ2) is 12.7. The molecule has 4 aromatic rings. The molecule has 1 amide bonds. The number of esters is 1. The van der Waals surface area contributed by atoms with Gasteiger partial charge >= 0.3 is 18.2 Å². The molecule has 1 aliphatic rings. The van der Waals surface area contributed by atoms with Crippen LogP contribution in [-0.4, -0.2) is 47.5 Å². The van der Waals surface area contributed by atoms with Crippen LogP contribution in [-0.2, 0) is 33.3 Å². The van der Waals surface area contributed by atoms with Crippen LogP contribution in [0.1, 0.15) is 49.6 Å². The maximum absolute atomic E-state index is 13.1. The minimum atomic E-state index is -4.47. The van der Waals surface area contributed by atoms with E-state index in [4.69, 9.17) is 19.2 Å². The number of nitrogens with zero attached hydrogens (tertiary/aromatic N) is 3. The summed E-state index contributed by atoms with van der Waals surface area (Å²) >= 11 is 0. The molecular weight excluding hydrogens is 587 g/mol. The molecule has 1 aliphatic heterocycles. The Balaban J connectivity index is 1.31. The van der Waals surface area contributed by atoms with Crippen molar-refractivity contribution in [2.24, 2.45) is 0 Å². The van der Waals surface area contributed by atoms with Crippen LogP contribution in [0.4, 0.5) is 23.8 Å². The first-order valence-corrected chi connectivity index (χ1v) is 14.5. The van der Waals surface area contributed by atoms with Crippen molar-refractivity contribution in [2.45, 2.75) is 51.8 Å². The molecule has 2 aromatic carbocycles. The Bertz CT molecular complexity index is 1740. The molecule has 0 N–H and O–H groups in total.